The third-order valence-corrected chi connectivity index (χ3v) is 15.4. The number of aliphatic hydroxyl groups excluding tert-OH is 1. The van der Waals surface area contributed by atoms with Gasteiger partial charge in [-0.05, 0) is 120 Å². The van der Waals surface area contributed by atoms with E-state index in [-0.39, 0.29) is 56.1 Å². The fourth-order valence-electron chi connectivity index (χ4n) is 8.26. The number of hydrogen-bond acceptors (Lipinski definition) is 17. The van der Waals surface area contributed by atoms with Gasteiger partial charge in [-0.1, -0.05) is 70.5 Å². The molecule has 0 unspecified atom stereocenters. The van der Waals surface area contributed by atoms with Gasteiger partial charge >= 0.3 is 20.6 Å². The summed E-state index contributed by atoms with van der Waals surface area (Å²) in [6.07, 6.45) is 8.71. The van der Waals surface area contributed by atoms with Gasteiger partial charge in [0.25, 0.3) is 0 Å². The molecule has 368 valence electrons. The van der Waals surface area contributed by atoms with Crippen LogP contribution in [0.15, 0.2) is 105 Å². The predicted molar refractivity (Wildman–Crippen MR) is 274 cm³/mol. The number of nitrogens with one attached hydrogen (secondary N) is 2. The quantitative estimate of drug-likeness (QED) is 0.0516. The maximum atomic E-state index is 13.3. The van der Waals surface area contributed by atoms with Gasteiger partial charge in [0, 0.05) is 39.3 Å². The topological polar surface area (TPSA) is 269 Å². The molecule has 2 aromatic carbocycles. The van der Waals surface area contributed by atoms with Crippen LogP contribution in [0.2, 0.25) is 0 Å². The molecule has 2 fully saturated rings. The third-order valence-electron chi connectivity index (χ3n) is 11.5. The Morgan fingerprint density at radius 1 is 0.696 bits per heavy atom. The molecule has 6 aromatic rings. The molecule has 0 radical (unpaired) electrons. The van der Waals surface area contributed by atoms with Gasteiger partial charge in [0.15, 0.2) is 0 Å². The highest BCUT2D eigenvalue weighted by molar-refractivity contribution is 9.10. The first-order chi connectivity index (χ1) is 32.4. The molecule has 0 spiro atoms. The van der Waals surface area contributed by atoms with Crippen LogP contribution in [0.3, 0.4) is 0 Å². The summed E-state index contributed by atoms with van der Waals surface area (Å²) in [5.74, 6) is 0.386. The van der Waals surface area contributed by atoms with Crippen molar-refractivity contribution >= 4 is 98.3 Å². The van der Waals surface area contributed by atoms with Gasteiger partial charge in [0.1, 0.15) is 24.3 Å². The highest BCUT2D eigenvalue weighted by Crippen LogP contribution is 2.35. The lowest BCUT2D eigenvalue weighted by atomic mass is 10.00. The summed E-state index contributed by atoms with van der Waals surface area (Å²) in [5, 5.41) is 30.6. The average Bonchev–Trinajstić information content (AvgIpc) is 4.10. The lowest BCUT2D eigenvalue weighted by molar-refractivity contribution is 0.100. The first kappa shape index (κ1) is 53.9. The van der Waals surface area contributed by atoms with E-state index >= 15 is 0 Å². The molecule has 0 bridgehead atoms. The molecule has 7 N–H and O–H groups in total. The number of nitrogens with two attached hydrogens (primary N) is 2. The summed E-state index contributed by atoms with van der Waals surface area (Å²) in [5.41, 5.74) is 5.15. The van der Waals surface area contributed by atoms with Crippen molar-refractivity contribution in [2.24, 2.45) is 28.0 Å². The Bertz CT molecular complexity index is 2760. The van der Waals surface area contributed by atoms with E-state index in [9.17, 15) is 31.5 Å². The van der Waals surface area contributed by atoms with E-state index in [4.69, 9.17) is 14.5 Å². The molecule has 23 heteroatoms. The average molecular weight is 1150 g/mol. The second kappa shape index (κ2) is 24.1. The van der Waals surface area contributed by atoms with E-state index in [0.29, 0.717) is 58.2 Å². The van der Waals surface area contributed by atoms with Crippen molar-refractivity contribution in [3.63, 3.8) is 0 Å². The van der Waals surface area contributed by atoms with Crippen molar-refractivity contribution in [2.75, 3.05) is 23.8 Å². The zero-order chi connectivity index (χ0) is 48.6. The first-order valence-corrected chi connectivity index (χ1v) is 27.5. The summed E-state index contributed by atoms with van der Waals surface area (Å²) in [7, 11) is -8.05. The number of carbonyl (C=O) groups excluding carboxylic acids is 2. The Hall–Kier alpha value is -4.40. The lowest BCUT2D eigenvalue weighted by Crippen LogP contribution is -2.24. The number of ketones is 2. The van der Waals surface area contributed by atoms with E-state index in [1.165, 1.54) is 47.7 Å². The van der Waals surface area contributed by atoms with Crippen LogP contribution < -0.4 is 20.9 Å². The van der Waals surface area contributed by atoms with Crippen molar-refractivity contribution in [3.8, 4) is 0 Å². The first-order valence-electron chi connectivity index (χ1n) is 21.2. The normalized spacial score (nSPS) is 20.1. The molecular formula is C46H52Br2N8O9S4. The number of anilines is 2. The molecule has 4 heterocycles. The van der Waals surface area contributed by atoms with Crippen LogP contribution in [-0.2, 0) is 41.8 Å². The second-order valence-electron chi connectivity index (χ2n) is 16.7. The van der Waals surface area contributed by atoms with Crippen molar-refractivity contribution in [1.29, 1.82) is 0 Å². The van der Waals surface area contributed by atoms with Gasteiger partial charge in [-0.3, -0.25) is 18.0 Å². The Morgan fingerprint density at radius 3 is 1.61 bits per heavy atom. The minimum atomic E-state index is -4.08. The number of hydrogen-bond donors (Lipinski definition) is 5. The van der Waals surface area contributed by atoms with Gasteiger partial charge in [-0.15, -0.1) is 22.7 Å². The standard InChI is InChI=1S/C23H25BrN4O4S2.C22H23BrN4O5S2.CH4/c1-14-5-19(9-17(14)11-32-34(25,30)31)28-23-20(10-26-13-27-23)22(29)21-8-16(12-33-21)6-15-3-2-4-18(24)7-15;23-16-3-1-2-13(5-16)4-14-6-20(33-11-14)21(29)18-9-25-12-26-22(18)27-17-7-15(19(28)8-17)10-32-34(24,30)31;/h2-4,7-8,10,12-14,17,19H,5-6,9,11H2,1H3,(H2,25,30,31)(H,26,27,28);1-3,5-6,9,11-12,15,17,19,28H,4,7-8,10H2,(H2,24,30,31)(H,25,26,27);1H4/t14-,17+,19-;15-,17-,19+;/m01./s1. The van der Waals surface area contributed by atoms with Crippen LogP contribution in [0.5, 0.6) is 0 Å². The molecule has 2 saturated carbocycles. The number of thiophene rings is 2. The molecule has 17 nitrogen and oxygen atoms in total. The maximum absolute atomic E-state index is 13.3. The van der Waals surface area contributed by atoms with Crippen LogP contribution >= 0.6 is 54.5 Å². The molecule has 0 aliphatic heterocycles. The van der Waals surface area contributed by atoms with E-state index in [1.807, 2.05) is 66.2 Å². The molecule has 8 rings (SSSR count). The number of rotatable bonds is 18. The number of benzene rings is 2. The van der Waals surface area contributed by atoms with Gasteiger partial charge in [0.2, 0.25) is 11.6 Å². The van der Waals surface area contributed by atoms with Crippen molar-refractivity contribution < 1.29 is 39.9 Å². The van der Waals surface area contributed by atoms with E-state index in [2.05, 4.69) is 78.7 Å². The maximum Gasteiger partial charge on any atom is 0.333 e. The monoisotopic (exact) mass is 1150 g/mol. The van der Waals surface area contributed by atoms with Crippen LogP contribution in [0.25, 0.3) is 0 Å². The third kappa shape index (κ3) is 15.8. The molecular weight excluding hydrogens is 1100 g/mol. The van der Waals surface area contributed by atoms with Gasteiger partial charge in [0.05, 0.1) is 40.2 Å². The Balaban J connectivity index is 0.000000224. The minimum Gasteiger partial charge on any atom is -0.393 e. The highest BCUT2D eigenvalue weighted by Gasteiger charge is 2.35. The van der Waals surface area contributed by atoms with Gasteiger partial charge in [-0.2, -0.15) is 16.8 Å². The second-order valence-corrected chi connectivity index (χ2v) is 22.8. The summed E-state index contributed by atoms with van der Waals surface area (Å²) in [6, 6.07) is 19.7. The smallest absolute Gasteiger partial charge is 0.333 e. The van der Waals surface area contributed by atoms with Crippen LogP contribution in [0.4, 0.5) is 11.6 Å². The Labute approximate surface area is 426 Å². The lowest BCUT2D eigenvalue weighted by Gasteiger charge is -2.15. The number of carbonyl (C=O) groups is 2. The molecule has 0 saturated heterocycles. The fraction of sp³-hybridized carbons (Fsp3) is 0.348. The van der Waals surface area contributed by atoms with Crippen molar-refractivity contribution in [2.45, 2.75) is 71.1 Å². The van der Waals surface area contributed by atoms with Gasteiger partial charge in [-0.25, -0.2) is 30.2 Å². The SMILES string of the molecule is C.C[C@H]1C[C@H](Nc2ncncc2C(=O)c2cc(Cc3cccc(Br)c3)cs2)C[C@@H]1COS(N)(=O)=O.NS(=O)(=O)OC[C@H]1C[C@@H](Nc2ncncc2C(=O)c2cc(Cc3cccc(Br)c3)cs2)C[C@@H]1O. The molecule has 0 amide bonds. The molecule has 2 aliphatic rings. The molecule has 69 heavy (non-hydrogen) atoms. The van der Waals surface area contributed by atoms with Gasteiger partial charge < -0.3 is 15.7 Å². The van der Waals surface area contributed by atoms with E-state index in [0.717, 1.165) is 44.0 Å². The largest absolute Gasteiger partial charge is 0.393 e. The Morgan fingerprint density at radius 2 is 1.14 bits per heavy atom. The van der Waals surface area contributed by atoms with E-state index < -0.39 is 32.6 Å². The Kier molecular flexibility index (Phi) is 18.9. The van der Waals surface area contributed by atoms with E-state index in [1.54, 1.807) is 0 Å². The summed E-state index contributed by atoms with van der Waals surface area (Å²) in [6.45, 7) is 1.89. The van der Waals surface area contributed by atoms with Crippen molar-refractivity contribution in [3.05, 3.63) is 149 Å². The molecule has 2 aliphatic carbocycles. The minimum absolute atomic E-state index is 0. The van der Waals surface area contributed by atoms with Crippen molar-refractivity contribution in [1.82, 2.24) is 19.9 Å². The summed E-state index contributed by atoms with van der Waals surface area (Å²) < 4.78 is 55.8. The molecule has 6 atom stereocenters. The van der Waals surface area contributed by atoms with Crippen LogP contribution in [0.1, 0.15) is 92.8 Å². The number of halogens is 2. The zero-order valence-corrected chi connectivity index (χ0v) is 42.8. The fourth-order valence-corrected chi connectivity index (χ4v) is 11.6. The summed E-state index contributed by atoms with van der Waals surface area (Å²) >= 11 is 9.74. The number of nitrogens with zero attached hydrogens (tertiary/aromatic N) is 4. The van der Waals surface area contributed by atoms with Crippen LogP contribution in [-0.4, -0.2) is 84.8 Å². The molecule has 4 aromatic heterocycles. The predicted octanol–water partition coefficient (Wildman–Crippen LogP) is 7.70. The zero-order valence-electron chi connectivity index (χ0n) is 36.4. The number of aliphatic hydroxyl groups is 1. The number of aromatic nitrogens is 4. The summed E-state index contributed by atoms with van der Waals surface area (Å²) in [4.78, 5) is 44.4. The highest BCUT2D eigenvalue weighted by atomic mass is 79.9. The van der Waals surface area contributed by atoms with Crippen LogP contribution in [0, 0.1) is 17.8 Å².